The fourth-order valence-electron chi connectivity index (χ4n) is 3.09. The van der Waals surface area contributed by atoms with Crippen LogP contribution in [-0.2, 0) is 4.79 Å². The number of hydrogen-bond acceptors (Lipinski definition) is 4. The summed E-state index contributed by atoms with van der Waals surface area (Å²) in [5, 5.41) is 11.3. The average molecular weight is 286 g/mol. The van der Waals surface area contributed by atoms with Crippen LogP contribution < -0.4 is 10.2 Å². The summed E-state index contributed by atoms with van der Waals surface area (Å²) in [6.45, 7) is 1.80. The van der Waals surface area contributed by atoms with Crippen LogP contribution in [0.1, 0.15) is 38.5 Å². The van der Waals surface area contributed by atoms with Gasteiger partial charge in [-0.25, -0.2) is 0 Å². The fourth-order valence-corrected chi connectivity index (χ4v) is 3.09. The first kappa shape index (κ1) is 14.0. The minimum atomic E-state index is 0.126. The van der Waals surface area contributed by atoms with E-state index in [0.29, 0.717) is 0 Å². The number of hydrogen-bond donors (Lipinski definition) is 1. The third kappa shape index (κ3) is 3.60. The zero-order valence-electron chi connectivity index (χ0n) is 12.3. The SMILES string of the molecule is O=C(NC1CCCN(c2cccnn2)C1)C1=CCCCC1. The summed E-state index contributed by atoms with van der Waals surface area (Å²) in [6.07, 6.45) is 10.2. The predicted molar refractivity (Wildman–Crippen MR) is 82.0 cm³/mol. The molecule has 1 saturated heterocycles. The number of rotatable bonds is 3. The van der Waals surface area contributed by atoms with Crippen LogP contribution in [0.25, 0.3) is 0 Å². The molecule has 112 valence electrons. The second kappa shape index (κ2) is 6.70. The number of piperidine rings is 1. The Kier molecular flexibility index (Phi) is 4.48. The van der Waals surface area contributed by atoms with Crippen molar-refractivity contribution in [3.63, 3.8) is 0 Å². The molecule has 3 rings (SSSR count). The lowest BCUT2D eigenvalue weighted by molar-refractivity contribution is -0.118. The van der Waals surface area contributed by atoms with Gasteiger partial charge in [0.2, 0.25) is 5.91 Å². The summed E-state index contributed by atoms with van der Waals surface area (Å²) in [4.78, 5) is 14.5. The van der Waals surface area contributed by atoms with Crippen LogP contribution in [-0.4, -0.2) is 35.2 Å². The predicted octanol–water partition coefficient (Wildman–Crippen LogP) is 2.06. The van der Waals surface area contributed by atoms with E-state index in [0.717, 1.165) is 56.6 Å². The van der Waals surface area contributed by atoms with Gasteiger partial charge in [0.15, 0.2) is 5.82 Å². The molecule has 1 aliphatic heterocycles. The van der Waals surface area contributed by atoms with Crippen molar-refractivity contribution in [3.05, 3.63) is 30.0 Å². The van der Waals surface area contributed by atoms with E-state index in [2.05, 4.69) is 26.5 Å². The highest BCUT2D eigenvalue weighted by Crippen LogP contribution is 2.20. The quantitative estimate of drug-likeness (QED) is 0.924. The zero-order chi connectivity index (χ0) is 14.5. The molecule has 21 heavy (non-hydrogen) atoms. The van der Waals surface area contributed by atoms with Crippen LogP contribution in [0.15, 0.2) is 30.0 Å². The molecule has 1 N–H and O–H groups in total. The molecule has 5 nitrogen and oxygen atoms in total. The van der Waals surface area contributed by atoms with E-state index in [9.17, 15) is 4.79 Å². The maximum Gasteiger partial charge on any atom is 0.247 e. The number of amides is 1. The molecule has 1 unspecified atom stereocenters. The largest absolute Gasteiger partial charge is 0.353 e. The Labute approximate surface area is 125 Å². The summed E-state index contributed by atoms with van der Waals surface area (Å²) >= 11 is 0. The first-order chi connectivity index (χ1) is 10.3. The van der Waals surface area contributed by atoms with Crippen LogP contribution in [0.5, 0.6) is 0 Å². The zero-order valence-corrected chi connectivity index (χ0v) is 12.3. The molecule has 0 aromatic carbocycles. The fraction of sp³-hybridized carbons (Fsp3) is 0.562. The maximum absolute atomic E-state index is 12.3. The minimum absolute atomic E-state index is 0.126. The van der Waals surface area contributed by atoms with Crippen molar-refractivity contribution in [2.75, 3.05) is 18.0 Å². The van der Waals surface area contributed by atoms with E-state index in [1.165, 1.54) is 6.42 Å². The highest BCUT2D eigenvalue weighted by atomic mass is 16.1. The first-order valence-corrected chi connectivity index (χ1v) is 7.85. The van der Waals surface area contributed by atoms with Crippen LogP contribution >= 0.6 is 0 Å². The van der Waals surface area contributed by atoms with Gasteiger partial charge in [-0.1, -0.05) is 6.08 Å². The number of nitrogens with zero attached hydrogens (tertiary/aromatic N) is 3. The lowest BCUT2D eigenvalue weighted by Gasteiger charge is -2.33. The standard InChI is InChI=1S/C16H22N4O/c21-16(13-6-2-1-3-7-13)18-14-8-5-11-20(12-14)15-9-4-10-17-19-15/h4,6,9-10,14H,1-3,5,7-8,11-12H2,(H,18,21). The molecule has 1 atom stereocenters. The van der Waals surface area contributed by atoms with Crippen LogP contribution in [0.3, 0.4) is 0 Å². The van der Waals surface area contributed by atoms with Crippen molar-refractivity contribution in [1.82, 2.24) is 15.5 Å². The normalized spacial score (nSPS) is 22.6. The maximum atomic E-state index is 12.3. The van der Waals surface area contributed by atoms with E-state index in [1.54, 1.807) is 6.20 Å². The number of nitrogens with one attached hydrogen (secondary N) is 1. The van der Waals surface area contributed by atoms with Crippen LogP contribution in [0.4, 0.5) is 5.82 Å². The van der Waals surface area contributed by atoms with E-state index < -0.39 is 0 Å². The molecule has 1 aliphatic carbocycles. The topological polar surface area (TPSA) is 58.1 Å². The molecule has 0 saturated carbocycles. The Balaban J connectivity index is 1.59. The van der Waals surface area contributed by atoms with Crippen molar-refractivity contribution in [1.29, 1.82) is 0 Å². The monoisotopic (exact) mass is 286 g/mol. The van der Waals surface area contributed by atoms with Gasteiger partial charge in [0.25, 0.3) is 0 Å². The Bertz CT molecular complexity index is 514. The number of anilines is 1. The summed E-state index contributed by atoms with van der Waals surface area (Å²) in [6, 6.07) is 4.08. The summed E-state index contributed by atoms with van der Waals surface area (Å²) in [5.41, 5.74) is 0.970. The van der Waals surface area contributed by atoms with Gasteiger partial charge in [-0.15, -0.1) is 5.10 Å². The highest BCUT2D eigenvalue weighted by Gasteiger charge is 2.23. The number of allylic oxidation sites excluding steroid dienone is 1. The van der Waals surface area contributed by atoms with Gasteiger partial charge in [-0.3, -0.25) is 4.79 Å². The number of aromatic nitrogens is 2. The number of carbonyl (C=O) groups excluding carboxylic acids is 1. The van der Waals surface area contributed by atoms with Crippen molar-refractivity contribution >= 4 is 11.7 Å². The average Bonchev–Trinajstić information content (AvgIpc) is 2.57. The smallest absolute Gasteiger partial charge is 0.247 e. The molecule has 1 fully saturated rings. The highest BCUT2D eigenvalue weighted by molar-refractivity contribution is 5.93. The van der Waals surface area contributed by atoms with Gasteiger partial charge in [-0.2, -0.15) is 5.10 Å². The van der Waals surface area contributed by atoms with Crippen molar-refractivity contribution in [3.8, 4) is 0 Å². The van der Waals surface area contributed by atoms with Gasteiger partial charge < -0.3 is 10.2 Å². The van der Waals surface area contributed by atoms with Gasteiger partial charge in [0.1, 0.15) is 0 Å². The second-order valence-corrected chi connectivity index (χ2v) is 5.82. The molecule has 0 bridgehead atoms. The molecule has 1 aromatic rings. The van der Waals surface area contributed by atoms with Crippen molar-refractivity contribution in [2.45, 2.75) is 44.6 Å². The Hall–Kier alpha value is -1.91. The summed E-state index contributed by atoms with van der Waals surface area (Å²) < 4.78 is 0. The van der Waals surface area contributed by atoms with Gasteiger partial charge in [0.05, 0.1) is 0 Å². The second-order valence-electron chi connectivity index (χ2n) is 5.82. The Morgan fingerprint density at radius 1 is 1.33 bits per heavy atom. The lowest BCUT2D eigenvalue weighted by Crippen LogP contribution is -2.48. The molecule has 0 spiro atoms. The molecular formula is C16H22N4O. The Morgan fingerprint density at radius 3 is 3.05 bits per heavy atom. The molecular weight excluding hydrogens is 264 g/mol. The molecule has 2 heterocycles. The first-order valence-electron chi connectivity index (χ1n) is 7.85. The third-order valence-electron chi connectivity index (χ3n) is 4.22. The third-order valence-corrected chi connectivity index (χ3v) is 4.22. The molecule has 5 heteroatoms. The molecule has 1 amide bonds. The van der Waals surface area contributed by atoms with Gasteiger partial charge in [0, 0.05) is 30.9 Å². The number of carbonyl (C=O) groups is 1. The van der Waals surface area contributed by atoms with Crippen LogP contribution in [0, 0.1) is 0 Å². The lowest BCUT2D eigenvalue weighted by atomic mass is 9.98. The van der Waals surface area contributed by atoms with Gasteiger partial charge >= 0.3 is 0 Å². The van der Waals surface area contributed by atoms with E-state index in [-0.39, 0.29) is 11.9 Å². The summed E-state index contributed by atoms with van der Waals surface area (Å²) in [5.74, 6) is 1.02. The molecule has 0 radical (unpaired) electrons. The van der Waals surface area contributed by atoms with E-state index >= 15 is 0 Å². The van der Waals surface area contributed by atoms with E-state index in [4.69, 9.17) is 0 Å². The van der Waals surface area contributed by atoms with E-state index in [1.807, 2.05) is 12.1 Å². The van der Waals surface area contributed by atoms with Crippen molar-refractivity contribution < 1.29 is 4.79 Å². The minimum Gasteiger partial charge on any atom is -0.353 e. The van der Waals surface area contributed by atoms with Crippen molar-refractivity contribution in [2.24, 2.45) is 0 Å². The Morgan fingerprint density at radius 2 is 2.29 bits per heavy atom. The summed E-state index contributed by atoms with van der Waals surface area (Å²) in [7, 11) is 0. The van der Waals surface area contributed by atoms with Crippen LogP contribution in [0.2, 0.25) is 0 Å². The molecule has 2 aliphatic rings. The molecule has 1 aromatic heterocycles. The van der Waals surface area contributed by atoms with Gasteiger partial charge in [-0.05, 0) is 50.7 Å².